The van der Waals surface area contributed by atoms with Crippen LogP contribution < -0.4 is 5.73 Å². The molecule has 0 spiro atoms. The van der Waals surface area contributed by atoms with Crippen molar-refractivity contribution in [1.82, 2.24) is 4.98 Å². The van der Waals surface area contributed by atoms with Gasteiger partial charge in [-0.25, -0.2) is 13.8 Å². The van der Waals surface area contributed by atoms with Crippen molar-refractivity contribution in [3.8, 4) is 0 Å². The van der Waals surface area contributed by atoms with Crippen molar-refractivity contribution in [3.63, 3.8) is 0 Å². The third-order valence-corrected chi connectivity index (χ3v) is 1.92. The zero-order valence-electron chi connectivity index (χ0n) is 7.02. The summed E-state index contributed by atoms with van der Waals surface area (Å²) in [5.74, 6) is 0. The molecular formula is C8H9ClF2N2. The Balaban J connectivity index is 3.30. The van der Waals surface area contributed by atoms with E-state index in [1.54, 1.807) is 6.92 Å². The molecule has 0 aliphatic carbocycles. The molecule has 1 aromatic heterocycles. The average Bonchev–Trinajstić information content (AvgIpc) is 2.01. The van der Waals surface area contributed by atoms with E-state index in [1.807, 2.05) is 0 Å². The lowest BCUT2D eigenvalue weighted by molar-refractivity contribution is 0.149. The van der Waals surface area contributed by atoms with Crippen molar-refractivity contribution < 1.29 is 8.78 Å². The largest absolute Gasteiger partial charge is 0.325 e. The van der Waals surface area contributed by atoms with E-state index in [1.165, 1.54) is 6.07 Å². The summed E-state index contributed by atoms with van der Waals surface area (Å²) in [6.07, 6.45) is -2.55. The molecule has 0 aliphatic rings. The van der Waals surface area contributed by atoms with Gasteiger partial charge in [0.15, 0.2) is 0 Å². The number of alkyl halides is 2. The lowest BCUT2D eigenvalue weighted by Gasteiger charge is -2.09. The molecule has 0 amide bonds. The Morgan fingerprint density at radius 2 is 2.23 bits per heavy atom. The Morgan fingerprint density at radius 3 is 2.69 bits per heavy atom. The molecule has 2 N–H and O–H groups in total. The molecule has 0 saturated carbocycles. The second-order valence-corrected chi connectivity index (χ2v) is 3.01. The smallest absolute Gasteiger partial charge is 0.265 e. The first-order valence-corrected chi connectivity index (χ1v) is 4.08. The van der Waals surface area contributed by atoms with Gasteiger partial charge in [-0.05, 0) is 18.6 Å². The second kappa shape index (κ2) is 3.98. The fraction of sp³-hybridized carbons (Fsp3) is 0.375. The van der Waals surface area contributed by atoms with E-state index >= 15 is 0 Å². The molecule has 2 nitrogen and oxygen atoms in total. The van der Waals surface area contributed by atoms with Gasteiger partial charge >= 0.3 is 0 Å². The minimum absolute atomic E-state index is 0.0267. The summed E-state index contributed by atoms with van der Waals surface area (Å²) in [5, 5.41) is 0.197. The Morgan fingerprint density at radius 1 is 1.62 bits per heavy atom. The van der Waals surface area contributed by atoms with Crippen LogP contribution in [-0.2, 0) is 6.54 Å². The van der Waals surface area contributed by atoms with E-state index in [-0.39, 0.29) is 23.0 Å². The molecule has 0 atom stereocenters. The highest BCUT2D eigenvalue weighted by molar-refractivity contribution is 6.29. The number of aryl methyl sites for hydroxylation is 1. The summed E-state index contributed by atoms with van der Waals surface area (Å²) in [6.45, 7) is 1.54. The van der Waals surface area contributed by atoms with E-state index in [9.17, 15) is 8.78 Å². The highest BCUT2D eigenvalue weighted by Crippen LogP contribution is 2.26. The van der Waals surface area contributed by atoms with Gasteiger partial charge in [0.05, 0.1) is 5.69 Å². The molecule has 5 heteroatoms. The number of aromatic nitrogens is 1. The van der Waals surface area contributed by atoms with Crippen molar-refractivity contribution in [3.05, 3.63) is 28.0 Å². The molecule has 0 unspecified atom stereocenters. The SMILES string of the molecule is Cc1cc(Cl)nc(CN)c1C(F)F. The summed E-state index contributed by atoms with van der Waals surface area (Å²) in [5.41, 5.74) is 5.76. The van der Waals surface area contributed by atoms with E-state index in [0.29, 0.717) is 5.56 Å². The van der Waals surface area contributed by atoms with E-state index < -0.39 is 6.43 Å². The Hall–Kier alpha value is -0.740. The molecule has 0 fully saturated rings. The lowest BCUT2D eigenvalue weighted by atomic mass is 10.1. The van der Waals surface area contributed by atoms with Gasteiger partial charge in [0, 0.05) is 12.1 Å². The van der Waals surface area contributed by atoms with Crippen LogP contribution in [0, 0.1) is 6.92 Å². The van der Waals surface area contributed by atoms with Crippen molar-refractivity contribution in [2.24, 2.45) is 5.73 Å². The molecule has 1 rings (SSSR count). The highest BCUT2D eigenvalue weighted by Gasteiger charge is 2.16. The topological polar surface area (TPSA) is 38.9 Å². The minimum Gasteiger partial charge on any atom is -0.325 e. The standard InChI is InChI=1S/C8H9ClF2N2/c1-4-2-6(9)13-5(3-12)7(4)8(10)11/h2,8H,3,12H2,1H3. The fourth-order valence-corrected chi connectivity index (χ4v) is 1.42. The first kappa shape index (κ1) is 10.3. The maximum Gasteiger partial charge on any atom is 0.265 e. The zero-order chi connectivity index (χ0) is 10.0. The van der Waals surface area contributed by atoms with Gasteiger partial charge in [0.1, 0.15) is 5.15 Å². The normalized spacial score (nSPS) is 10.9. The Kier molecular flexibility index (Phi) is 3.17. The molecule has 1 heterocycles. The molecule has 13 heavy (non-hydrogen) atoms. The lowest BCUT2D eigenvalue weighted by Crippen LogP contribution is -2.07. The Labute approximate surface area is 79.7 Å². The maximum absolute atomic E-state index is 12.5. The highest BCUT2D eigenvalue weighted by atomic mass is 35.5. The summed E-state index contributed by atoms with van der Waals surface area (Å²) in [6, 6.07) is 1.40. The van der Waals surface area contributed by atoms with Gasteiger partial charge in [-0.15, -0.1) is 0 Å². The van der Waals surface area contributed by atoms with Gasteiger partial charge in [0.2, 0.25) is 0 Å². The zero-order valence-corrected chi connectivity index (χ0v) is 7.78. The van der Waals surface area contributed by atoms with E-state index in [4.69, 9.17) is 17.3 Å². The first-order valence-electron chi connectivity index (χ1n) is 3.70. The van der Waals surface area contributed by atoms with E-state index in [2.05, 4.69) is 4.98 Å². The fourth-order valence-electron chi connectivity index (χ4n) is 1.16. The number of hydrogen-bond donors (Lipinski definition) is 1. The van der Waals surface area contributed by atoms with Crippen LogP contribution in [0.3, 0.4) is 0 Å². The number of nitrogens with zero attached hydrogens (tertiary/aromatic N) is 1. The van der Waals surface area contributed by atoms with E-state index in [0.717, 1.165) is 0 Å². The molecule has 1 aromatic rings. The first-order chi connectivity index (χ1) is 6.06. The molecule has 0 aliphatic heterocycles. The molecular weight excluding hydrogens is 198 g/mol. The second-order valence-electron chi connectivity index (χ2n) is 2.63. The molecule has 0 radical (unpaired) electrons. The molecule has 0 bridgehead atoms. The monoisotopic (exact) mass is 206 g/mol. The van der Waals surface area contributed by atoms with Crippen molar-refractivity contribution in [2.75, 3.05) is 0 Å². The predicted molar refractivity (Wildman–Crippen MR) is 46.8 cm³/mol. The summed E-state index contributed by atoms with van der Waals surface area (Å²) in [4.78, 5) is 3.73. The third-order valence-electron chi connectivity index (χ3n) is 1.72. The third kappa shape index (κ3) is 2.14. The van der Waals surface area contributed by atoms with Crippen LogP contribution in [0.5, 0.6) is 0 Å². The summed E-state index contributed by atoms with van der Waals surface area (Å²) in [7, 11) is 0. The van der Waals surface area contributed by atoms with Gasteiger partial charge in [-0.3, -0.25) is 0 Å². The summed E-state index contributed by atoms with van der Waals surface area (Å²) < 4.78 is 24.9. The van der Waals surface area contributed by atoms with Crippen LogP contribution in [0.25, 0.3) is 0 Å². The van der Waals surface area contributed by atoms with Gasteiger partial charge < -0.3 is 5.73 Å². The van der Waals surface area contributed by atoms with Gasteiger partial charge in [-0.2, -0.15) is 0 Å². The van der Waals surface area contributed by atoms with Crippen LogP contribution in [0.4, 0.5) is 8.78 Å². The van der Waals surface area contributed by atoms with Crippen LogP contribution >= 0.6 is 11.6 Å². The molecule has 72 valence electrons. The number of halogens is 3. The quantitative estimate of drug-likeness (QED) is 0.755. The van der Waals surface area contributed by atoms with Crippen LogP contribution in [0.1, 0.15) is 23.2 Å². The van der Waals surface area contributed by atoms with Crippen LogP contribution in [0.15, 0.2) is 6.07 Å². The maximum atomic E-state index is 12.5. The van der Waals surface area contributed by atoms with Crippen LogP contribution in [-0.4, -0.2) is 4.98 Å². The van der Waals surface area contributed by atoms with Crippen molar-refractivity contribution in [2.45, 2.75) is 19.9 Å². The van der Waals surface area contributed by atoms with Crippen molar-refractivity contribution in [1.29, 1.82) is 0 Å². The average molecular weight is 207 g/mol. The predicted octanol–water partition coefficient (Wildman–Crippen LogP) is 2.44. The number of rotatable bonds is 2. The number of nitrogens with two attached hydrogens (primary N) is 1. The van der Waals surface area contributed by atoms with Crippen molar-refractivity contribution >= 4 is 11.6 Å². The van der Waals surface area contributed by atoms with Gasteiger partial charge in [-0.1, -0.05) is 11.6 Å². The number of pyridine rings is 1. The number of hydrogen-bond acceptors (Lipinski definition) is 2. The minimum atomic E-state index is -2.55. The molecule has 0 aromatic carbocycles. The summed E-state index contributed by atoms with van der Waals surface area (Å²) >= 11 is 5.59. The van der Waals surface area contributed by atoms with Gasteiger partial charge in [0.25, 0.3) is 6.43 Å². The van der Waals surface area contributed by atoms with Crippen LogP contribution in [0.2, 0.25) is 5.15 Å². The molecule has 0 saturated heterocycles. The Bertz CT molecular complexity index is 315.